The number of nitrogens with one attached hydrogen (secondary N) is 1. The highest BCUT2D eigenvalue weighted by Gasteiger charge is 2.20. The highest BCUT2D eigenvalue weighted by atomic mass is 35.5. The van der Waals surface area contributed by atoms with Crippen LogP contribution in [0, 0.1) is 0 Å². The molecule has 0 radical (unpaired) electrons. The standard InChI is InChI=1S/C23H18ClN3O4S/c1-2-31-23(30)22-17(11-20(32-22)14-7-9-15(24)10-8-14)26-21(29)13-27-18-6-4-3-5-16(18)19(28)12-25-27/h3-12H,2,13H2,1H3,(H,26,29). The largest absolute Gasteiger partial charge is 0.462 e. The Morgan fingerprint density at radius 2 is 1.91 bits per heavy atom. The van der Waals surface area contributed by atoms with E-state index in [4.69, 9.17) is 16.3 Å². The minimum Gasteiger partial charge on any atom is -0.462 e. The minimum absolute atomic E-state index is 0.130. The first kappa shape index (κ1) is 21.7. The summed E-state index contributed by atoms with van der Waals surface area (Å²) in [5.41, 5.74) is 1.55. The summed E-state index contributed by atoms with van der Waals surface area (Å²) in [4.78, 5) is 38.4. The predicted octanol–water partition coefficient (Wildman–Crippen LogP) is 4.59. The molecule has 0 saturated heterocycles. The molecule has 7 nitrogen and oxygen atoms in total. The third-order valence-electron chi connectivity index (χ3n) is 4.65. The topological polar surface area (TPSA) is 90.3 Å². The van der Waals surface area contributed by atoms with Gasteiger partial charge in [-0.25, -0.2) is 4.79 Å². The molecule has 2 heterocycles. The summed E-state index contributed by atoms with van der Waals surface area (Å²) in [6.07, 6.45) is 1.18. The van der Waals surface area contributed by atoms with Gasteiger partial charge in [-0.1, -0.05) is 35.9 Å². The maximum absolute atomic E-state index is 12.8. The molecule has 4 rings (SSSR count). The van der Waals surface area contributed by atoms with Gasteiger partial charge in [0, 0.05) is 15.3 Å². The zero-order valence-corrected chi connectivity index (χ0v) is 18.6. The molecule has 0 fully saturated rings. The quantitative estimate of drug-likeness (QED) is 0.419. The van der Waals surface area contributed by atoms with Crippen molar-refractivity contribution >= 4 is 51.4 Å². The van der Waals surface area contributed by atoms with Crippen LogP contribution in [-0.4, -0.2) is 28.3 Å². The molecule has 1 amide bonds. The number of nitrogens with zero attached hydrogens (tertiary/aromatic N) is 2. The second kappa shape index (κ2) is 9.33. The number of aromatic nitrogens is 2. The summed E-state index contributed by atoms with van der Waals surface area (Å²) in [6.45, 7) is 1.81. The second-order valence-corrected chi connectivity index (χ2v) is 8.30. The van der Waals surface area contributed by atoms with Crippen LogP contribution in [0.2, 0.25) is 5.02 Å². The van der Waals surface area contributed by atoms with Gasteiger partial charge in [0.05, 0.1) is 24.0 Å². The van der Waals surface area contributed by atoms with Crippen molar-refractivity contribution in [3.63, 3.8) is 0 Å². The van der Waals surface area contributed by atoms with E-state index < -0.39 is 11.9 Å². The van der Waals surface area contributed by atoms with Crippen LogP contribution in [0.3, 0.4) is 0 Å². The van der Waals surface area contributed by atoms with E-state index in [0.717, 1.165) is 10.4 Å². The van der Waals surface area contributed by atoms with Gasteiger partial charge in [-0.2, -0.15) is 5.10 Å². The minimum atomic E-state index is -0.514. The number of halogens is 1. The maximum Gasteiger partial charge on any atom is 0.350 e. The molecule has 0 aliphatic carbocycles. The molecule has 0 spiro atoms. The molecule has 0 aliphatic heterocycles. The molecule has 2 aromatic carbocycles. The average Bonchev–Trinajstić information content (AvgIpc) is 3.20. The summed E-state index contributed by atoms with van der Waals surface area (Å²) in [7, 11) is 0. The van der Waals surface area contributed by atoms with E-state index in [1.165, 1.54) is 22.2 Å². The number of anilines is 1. The van der Waals surface area contributed by atoms with Gasteiger partial charge in [-0.3, -0.25) is 14.3 Å². The monoisotopic (exact) mass is 467 g/mol. The van der Waals surface area contributed by atoms with Gasteiger partial charge in [-0.15, -0.1) is 11.3 Å². The van der Waals surface area contributed by atoms with Crippen molar-refractivity contribution in [2.45, 2.75) is 13.5 Å². The van der Waals surface area contributed by atoms with Crippen molar-refractivity contribution in [2.24, 2.45) is 0 Å². The molecule has 4 aromatic rings. The lowest BCUT2D eigenvalue weighted by Crippen LogP contribution is -2.23. The van der Waals surface area contributed by atoms with Crippen molar-refractivity contribution < 1.29 is 14.3 Å². The lowest BCUT2D eigenvalue weighted by atomic mass is 10.2. The number of esters is 1. The smallest absolute Gasteiger partial charge is 0.350 e. The Morgan fingerprint density at radius 1 is 1.16 bits per heavy atom. The Hall–Kier alpha value is -3.49. The Labute approximate surface area is 192 Å². The van der Waals surface area contributed by atoms with Crippen LogP contribution in [0.4, 0.5) is 5.69 Å². The lowest BCUT2D eigenvalue weighted by Gasteiger charge is -2.10. The summed E-state index contributed by atoms with van der Waals surface area (Å²) in [5.74, 6) is -0.905. The molecule has 0 saturated carbocycles. The fourth-order valence-corrected chi connectivity index (χ4v) is 4.34. The Bertz CT molecular complexity index is 1360. The number of para-hydroxylation sites is 1. The van der Waals surface area contributed by atoms with E-state index in [-0.39, 0.29) is 18.6 Å². The lowest BCUT2D eigenvalue weighted by molar-refractivity contribution is -0.116. The van der Waals surface area contributed by atoms with Crippen LogP contribution in [0.1, 0.15) is 16.6 Å². The fraction of sp³-hybridized carbons (Fsp3) is 0.130. The van der Waals surface area contributed by atoms with E-state index in [9.17, 15) is 14.4 Å². The number of hydrogen-bond acceptors (Lipinski definition) is 6. The van der Waals surface area contributed by atoms with Gasteiger partial charge < -0.3 is 10.1 Å². The first-order valence-electron chi connectivity index (χ1n) is 9.78. The third kappa shape index (κ3) is 4.56. The molecule has 2 aromatic heterocycles. The maximum atomic E-state index is 12.8. The Balaban J connectivity index is 1.63. The van der Waals surface area contributed by atoms with Gasteiger partial charge in [0.1, 0.15) is 11.4 Å². The van der Waals surface area contributed by atoms with Crippen molar-refractivity contribution in [3.8, 4) is 10.4 Å². The highest BCUT2D eigenvalue weighted by Crippen LogP contribution is 2.36. The molecule has 162 valence electrons. The van der Waals surface area contributed by atoms with Crippen LogP contribution in [0.5, 0.6) is 0 Å². The van der Waals surface area contributed by atoms with Crippen LogP contribution >= 0.6 is 22.9 Å². The number of carbonyl (C=O) groups is 2. The summed E-state index contributed by atoms with van der Waals surface area (Å²) < 4.78 is 6.60. The predicted molar refractivity (Wildman–Crippen MR) is 125 cm³/mol. The highest BCUT2D eigenvalue weighted by molar-refractivity contribution is 7.18. The van der Waals surface area contributed by atoms with E-state index >= 15 is 0 Å². The van der Waals surface area contributed by atoms with E-state index in [1.807, 2.05) is 12.1 Å². The molecular weight excluding hydrogens is 450 g/mol. The number of fused-ring (bicyclic) bond motifs is 1. The van der Waals surface area contributed by atoms with Gasteiger partial charge in [-0.05, 0) is 42.8 Å². The van der Waals surface area contributed by atoms with Crippen molar-refractivity contribution in [1.82, 2.24) is 9.78 Å². The van der Waals surface area contributed by atoms with Gasteiger partial charge in [0.25, 0.3) is 0 Å². The molecule has 32 heavy (non-hydrogen) atoms. The number of rotatable bonds is 6. The van der Waals surface area contributed by atoms with Gasteiger partial charge in [0.2, 0.25) is 11.3 Å². The first-order valence-corrected chi connectivity index (χ1v) is 11.0. The molecule has 9 heteroatoms. The fourth-order valence-electron chi connectivity index (χ4n) is 3.20. The normalized spacial score (nSPS) is 10.8. The van der Waals surface area contributed by atoms with E-state index in [0.29, 0.717) is 26.5 Å². The Morgan fingerprint density at radius 3 is 2.66 bits per heavy atom. The van der Waals surface area contributed by atoms with Crippen LogP contribution in [0.15, 0.2) is 65.6 Å². The first-order chi connectivity index (χ1) is 15.5. The molecular formula is C23H18ClN3O4S. The third-order valence-corrected chi connectivity index (χ3v) is 6.07. The van der Waals surface area contributed by atoms with Crippen molar-refractivity contribution in [3.05, 3.63) is 80.9 Å². The molecule has 0 bridgehead atoms. The van der Waals surface area contributed by atoms with Gasteiger partial charge >= 0.3 is 5.97 Å². The summed E-state index contributed by atoms with van der Waals surface area (Å²) in [6, 6.07) is 15.9. The zero-order valence-electron chi connectivity index (χ0n) is 17.0. The number of hydrogen-bond donors (Lipinski definition) is 1. The van der Waals surface area contributed by atoms with Crippen LogP contribution in [0.25, 0.3) is 21.3 Å². The molecule has 1 N–H and O–H groups in total. The van der Waals surface area contributed by atoms with Crippen LogP contribution < -0.4 is 10.7 Å². The second-order valence-electron chi connectivity index (χ2n) is 6.81. The number of amides is 1. The number of ether oxygens (including phenoxy) is 1. The van der Waals surface area contributed by atoms with Crippen molar-refractivity contribution in [2.75, 3.05) is 11.9 Å². The van der Waals surface area contributed by atoms with E-state index in [2.05, 4.69) is 10.4 Å². The molecule has 0 atom stereocenters. The number of thiophene rings is 1. The number of benzene rings is 2. The zero-order chi connectivity index (χ0) is 22.7. The Kier molecular flexibility index (Phi) is 6.34. The summed E-state index contributed by atoms with van der Waals surface area (Å²) >= 11 is 7.19. The molecule has 0 unspecified atom stereocenters. The van der Waals surface area contributed by atoms with Crippen molar-refractivity contribution in [1.29, 1.82) is 0 Å². The summed E-state index contributed by atoms with van der Waals surface area (Å²) in [5, 5.41) is 7.94. The molecule has 0 aliphatic rings. The van der Waals surface area contributed by atoms with E-state index in [1.54, 1.807) is 49.4 Å². The van der Waals surface area contributed by atoms with Crippen LogP contribution in [-0.2, 0) is 16.1 Å². The average molecular weight is 468 g/mol. The SMILES string of the molecule is CCOC(=O)c1sc(-c2ccc(Cl)cc2)cc1NC(=O)Cn1ncc(=O)c2ccccc21. The van der Waals surface area contributed by atoms with Gasteiger partial charge in [0.15, 0.2) is 0 Å². The number of carbonyl (C=O) groups excluding carboxylic acids is 2.